The first-order chi connectivity index (χ1) is 13.8. The SMILES string of the molecule is O=C(CNC(Cc1ccccc1)c1ccccc1)Nc1ccc2c(c1)CCC2. The van der Waals surface area contributed by atoms with Gasteiger partial charge in [0.1, 0.15) is 0 Å². The largest absolute Gasteiger partial charge is 0.325 e. The Kier molecular flexibility index (Phi) is 5.83. The predicted molar refractivity (Wildman–Crippen MR) is 114 cm³/mol. The van der Waals surface area contributed by atoms with Crippen LogP contribution in [-0.4, -0.2) is 12.5 Å². The molecule has 2 N–H and O–H groups in total. The summed E-state index contributed by atoms with van der Waals surface area (Å²) in [6.45, 7) is 0.281. The number of hydrogen-bond donors (Lipinski definition) is 2. The van der Waals surface area contributed by atoms with Crippen molar-refractivity contribution in [2.24, 2.45) is 0 Å². The van der Waals surface area contributed by atoms with Gasteiger partial charge >= 0.3 is 0 Å². The van der Waals surface area contributed by atoms with Crippen LogP contribution < -0.4 is 10.6 Å². The van der Waals surface area contributed by atoms with Gasteiger partial charge in [-0.1, -0.05) is 66.7 Å². The van der Waals surface area contributed by atoms with E-state index in [0.717, 1.165) is 24.9 Å². The average Bonchev–Trinajstić information content (AvgIpc) is 3.20. The molecule has 0 saturated carbocycles. The van der Waals surface area contributed by atoms with Gasteiger partial charge in [-0.2, -0.15) is 0 Å². The summed E-state index contributed by atoms with van der Waals surface area (Å²) < 4.78 is 0. The second-order valence-electron chi connectivity index (χ2n) is 7.42. The van der Waals surface area contributed by atoms with Gasteiger partial charge in [0.05, 0.1) is 6.54 Å². The molecule has 0 aliphatic heterocycles. The van der Waals surface area contributed by atoms with Crippen molar-refractivity contribution in [3.63, 3.8) is 0 Å². The fourth-order valence-corrected chi connectivity index (χ4v) is 3.91. The van der Waals surface area contributed by atoms with Crippen LogP contribution in [0, 0.1) is 0 Å². The van der Waals surface area contributed by atoms with E-state index >= 15 is 0 Å². The van der Waals surface area contributed by atoms with Crippen LogP contribution in [0.2, 0.25) is 0 Å². The highest BCUT2D eigenvalue weighted by atomic mass is 16.1. The van der Waals surface area contributed by atoms with Gasteiger partial charge < -0.3 is 10.6 Å². The van der Waals surface area contributed by atoms with E-state index in [1.54, 1.807) is 0 Å². The molecule has 3 heteroatoms. The summed E-state index contributed by atoms with van der Waals surface area (Å²) in [4.78, 5) is 12.5. The molecule has 28 heavy (non-hydrogen) atoms. The van der Waals surface area contributed by atoms with Gasteiger partial charge in [-0.05, 0) is 60.1 Å². The molecule has 1 amide bonds. The Morgan fingerprint density at radius 1 is 0.857 bits per heavy atom. The van der Waals surface area contributed by atoms with E-state index in [4.69, 9.17) is 0 Å². The summed E-state index contributed by atoms with van der Waals surface area (Å²) in [6, 6.07) is 27.1. The van der Waals surface area contributed by atoms with Crippen LogP contribution in [0.25, 0.3) is 0 Å². The number of rotatable bonds is 7. The molecule has 0 fully saturated rings. The van der Waals surface area contributed by atoms with Gasteiger partial charge in [-0.3, -0.25) is 4.79 Å². The van der Waals surface area contributed by atoms with Gasteiger partial charge in [0.2, 0.25) is 5.91 Å². The number of fused-ring (bicyclic) bond motifs is 1. The second-order valence-corrected chi connectivity index (χ2v) is 7.42. The summed E-state index contributed by atoms with van der Waals surface area (Å²) in [5.41, 5.74) is 6.13. The van der Waals surface area contributed by atoms with Crippen LogP contribution in [0.15, 0.2) is 78.9 Å². The molecule has 1 aliphatic rings. The number of amides is 1. The highest BCUT2D eigenvalue weighted by Crippen LogP contribution is 2.25. The van der Waals surface area contributed by atoms with E-state index in [0.29, 0.717) is 0 Å². The lowest BCUT2D eigenvalue weighted by molar-refractivity contribution is -0.115. The molecule has 1 aliphatic carbocycles. The van der Waals surface area contributed by atoms with Crippen molar-refractivity contribution in [1.82, 2.24) is 5.32 Å². The summed E-state index contributed by atoms with van der Waals surface area (Å²) in [5, 5.41) is 6.49. The monoisotopic (exact) mass is 370 g/mol. The Hall–Kier alpha value is -2.91. The van der Waals surface area contributed by atoms with Crippen LogP contribution in [-0.2, 0) is 24.1 Å². The number of anilines is 1. The third kappa shape index (κ3) is 4.68. The van der Waals surface area contributed by atoms with Crippen molar-refractivity contribution in [2.45, 2.75) is 31.7 Å². The Morgan fingerprint density at radius 2 is 1.57 bits per heavy atom. The lowest BCUT2D eigenvalue weighted by Gasteiger charge is -2.19. The standard InChI is InChI=1S/C25H26N2O/c28-25(27-23-15-14-20-12-7-13-22(20)17-23)18-26-24(21-10-5-2-6-11-21)16-19-8-3-1-4-9-19/h1-6,8-11,14-15,17,24,26H,7,12-13,16,18H2,(H,27,28). The molecule has 1 unspecified atom stereocenters. The number of hydrogen-bond acceptors (Lipinski definition) is 2. The Bertz CT molecular complexity index is 922. The fourth-order valence-electron chi connectivity index (χ4n) is 3.91. The smallest absolute Gasteiger partial charge is 0.238 e. The zero-order valence-electron chi connectivity index (χ0n) is 16.0. The minimum absolute atomic E-state index is 0.00746. The van der Waals surface area contributed by atoms with Crippen molar-refractivity contribution in [2.75, 3.05) is 11.9 Å². The van der Waals surface area contributed by atoms with Crippen molar-refractivity contribution >= 4 is 11.6 Å². The van der Waals surface area contributed by atoms with Crippen LogP contribution in [0.3, 0.4) is 0 Å². The maximum absolute atomic E-state index is 12.5. The average molecular weight is 370 g/mol. The van der Waals surface area contributed by atoms with E-state index < -0.39 is 0 Å². The molecule has 0 saturated heterocycles. The molecule has 0 heterocycles. The molecule has 4 rings (SSSR count). The molecule has 142 valence electrons. The molecule has 1 atom stereocenters. The van der Waals surface area contributed by atoms with Crippen molar-refractivity contribution < 1.29 is 4.79 Å². The number of aryl methyl sites for hydroxylation is 2. The zero-order chi connectivity index (χ0) is 19.2. The summed E-state index contributed by atoms with van der Waals surface area (Å²) in [7, 11) is 0. The molecule has 0 aromatic heterocycles. The van der Waals surface area contributed by atoms with Crippen LogP contribution in [0.1, 0.15) is 34.7 Å². The lowest BCUT2D eigenvalue weighted by Crippen LogP contribution is -2.32. The number of nitrogens with one attached hydrogen (secondary N) is 2. The van der Waals surface area contributed by atoms with Crippen LogP contribution >= 0.6 is 0 Å². The Morgan fingerprint density at radius 3 is 2.36 bits per heavy atom. The first kappa shape index (κ1) is 18.5. The zero-order valence-corrected chi connectivity index (χ0v) is 16.0. The first-order valence-corrected chi connectivity index (χ1v) is 10.0. The van der Waals surface area contributed by atoms with Gasteiger partial charge in [0.25, 0.3) is 0 Å². The second kappa shape index (κ2) is 8.85. The van der Waals surface area contributed by atoms with E-state index in [-0.39, 0.29) is 18.5 Å². The minimum atomic E-state index is -0.00746. The maximum atomic E-state index is 12.5. The Balaban J connectivity index is 1.40. The third-order valence-corrected chi connectivity index (χ3v) is 5.38. The fraction of sp³-hybridized carbons (Fsp3) is 0.240. The van der Waals surface area contributed by atoms with Gasteiger partial charge in [0.15, 0.2) is 0 Å². The molecule has 0 radical (unpaired) electrons. The van der Waals surface area contributed by atoms with Crippen LogP contribution in [0.5, 0.6) is 0 Å². The van der Waals surface area contributed by atoms with Crippen LogP contribution in [0.4, 0.5) is 5.69 Å². The topological polar surface area (TPSA) is 41.1 Å². The van der Waals surface area contributed by atoms with E-state index in [2.05, 4.69) is 59.2 Å². The summed E-state index contributed by atoms with van der Waals surface area (Å²) in [5.74, 6) is -0.00746. The molecule has 3 nitrogen and oxygen atoms in total. The van der Waals surface area contributed by atoms with Gasteiger partial charge in [-0.25, -0.2) is 0 Å². The van der Waals surface area contributed by atoms with Crippen molar-refractivity contribution in [1.29, 1.82) is 0 Å². The number of carbonyl (C=O) groups is 1. The van der Waals surface area contributed by atoms with Crippen molar-refractivity contribution in [3.8, 4) is 0 Å². The lowest BCUT2D eigenvalue weighted by atomic mass is 9.99. The van der Waals surface area contributed by atoms with E-state index in [1.807, 2.05) is 30.3 Å². The molecular formula is C25H26N2O. The maximum Gasteiger partial charge on any atom is 0.238 e. The molecule has 0 bridgehead atoms. The van der Waals surface area contributed by atoms with Gasteiger partial charge in [0, 0.05) is 11.7 Å². The number of benzene rings is 3. The highest BCUT2D eigenvalue weighted by molar-refractivity contribution is 5.92. The molecule has 0 spiro atoms. The summed E-state index contributed by atoms with van der Waals surface area (Å²) >= 11 is 0. The molecule has 3 aromatic carbocycles. The molecular weight excluding hydrogens is 344 g/mol. The summed E-state index contributed by atoms with van der Waals surface area (Å²) in [6.07, 6.45) is 4.33. The normalized spacial score (nSPS) is 13.7. The highest BCUT2D eigenvalue weighted by Gasteiger charge is 2.15. The van der Waals surface area contributed by atoms with Gasteiger partial charge in [-0.15, -0.1) is 0 Å². The van der Waals surface area contributed by atoms with Crippen molar-refractivity contribution in [3.05, 3.63) is 101 Å². The third-order valence-electron chi connectivity index (χ3n) is 5.38. The van der Waals surface area contributed by atoms with E-state index in [1.165, 1.54) is 28.7 Å². The molecule has 3 aromatic rings. The first-order valence-electron chi connectivity index (χ1n) is 10.0. The van der Waals surface area contributed by atoms with E-state index in [9.17, 15) is 4.79 Å². The number of carbonyl (C=O) groups excluding carboxylic acids is 1. The predicted octanol–water partition coefficient (Wildman–Crippen LogP) is 4.69. The quantitative estimate of drug-likeness (QED) is 0.634. The minimum Gasteiger partial charge on any atom is -0.325 e. The Labute approximate surface area is 166 Å².